The number of hydrogen-bond acceptors (Lipinski definition) is 6. The van der Waals surface area contributed by atoms with Gasteiger partial charge in [-0.3, -0.25) is 4.98 Å². The highest BCUT2D eigenvalue weighted by molar-refractivity contribution is 6.05. The molecule has 2 aromatic rings. The quantitative estimate of drug-likeness (QED) is 0.514. The minimum Gasteiger partial charge on any atom is -0.463 e. The molecule has 0 saturated carbocycles. The summed E-state index contributed by atoms with van der Waals surface area (Å²) in [4.78, 5) is 42.9. The molecule has 4 rings (SSSR count). The second-order valence-electron chi connectivity index (χ2n) is 8.24. The zero-order valence-corrected chi connectivity index (χ0v) is 19.0. The van der Waals surface area contributed by atoms with Gasteiger partial charge in [0.2, 0.25) is 0 Å². The van der Waals surface area contributed by atoms with Crippen LogP contribution in [0, 0.1) is 0 Å². The molecule has 1 aromatic heterocycles. The van der Waals surface area contributed by atoms with Gasteiger partial charge in [-0.25, -0.2) is 14.4 Å². The first kappa shape index (κ1) is 22.8. The lowest BCUT2D eigenvalue weighted by Crippen LogP contribution is -2.51. The van der Waals surface area contributed by atoms with Crippen LogP contribution in [0.25, 0.3) is 10.9 Å². The Morgan fingerprint density at radius 2 is 1.85 bits per heavy atom. The number of carbonyl (C=O) groups is 3. The van der Waals surface area contributed by atoms with E-state index in [4.69, 9.17) is 14.5 Å². The summed E-state index contributed by atoms with van der Waals surface area (Å²) < 4.78 is 10.9. The van der Waals surface area contributed by atoms with Crippen molar-refractivity contribution >= 4 is 28.9 Å². The van der Waals surface area contributed by atoms with Gasteiger partial charge in [0.05, 0.1) is 35.0 Å². The number of aryl methyl sites for hydroxylation is 1. The lowest BCUT2D eigenvalue weighted by molar-refractivity contribution is -0.139. The zero-order chi connectivity index (χ0) is 23.4. The maximum Gasteiger partial charge on any atom is 0.339 e. The van der Waals surface area contributed by atoms with Gasteiger partial charge in [-0.15, -0.1) is 0 Å². The van der Waals surface area contributed by atoms with Gasteiger partial charge in [-0.2, -0.15) is 0 Å². The fourth-order valence-corrected chi connectivity index (χ4v) is 4.57. The fourth-order valence-electron chi connectivity index (χ4n) is 4.57. The van der Waals surface area contributed by atoms with E-state index < -0.39 is 24.0 Å². The summed E-state index contributed by atoms with van der Waals surface area (Å²) in [6, 6.07) is 6.61. The SMILES string of the molecule is CCOC(=O)C1=C(COC(=O)c2c3c(nc4ccccc24)CCCCC3)NC(=O)NC1CC. The molecule has 8 nitrogen and oxygen atoms in total. The standard InChI is InChI=1S/C25H29N3O5/c1-3-17-22(24(30)32-4-2)20(28-25(31)27-17)14-33-23(29)21-15-10-6-5-7-12-18(15)26-19-13-9-8-11-16(19)21/h8-9,11,13,17H,3-7,10,12,14H2,1-2H3,(H2,27,28,31). The van der Waals surface area contributed by atoms with Gasteiger partial charge in [0.25, 0.3) is 0 Å². The first-order chi connectivity index (χ1) is 16.0. The summed E-state index contributed by atoms with van der Waals surface area (Å²) in [5.41, 5.74) is 3.72. The third kappa shape index (κ3) is 4.69. The molecule has 1 atom stereocenters. The molecule has 2 amide bonds. The van der Waals surface area contributed by atoms with Crippen LogP contribution in [0.1, 0.15) is 61.1 Å². The minimum absolute atomic E-state index is 0.203. The van der Waals surface area contributed by atoms with Gasteiger partial charge in [0.15, 0.2) is 0 Å². The van der Waals surface area contributed by atoms with Crippen molar-refractivity contribution in [2.45, 2.75) is 58.4 Å². The molecule has 1 aliphatic carbocycles. The number of pyridine rings is 1. The number of nitrogens with one attached hydrogen (secondary N) is 2. The van der Waals surface area contributed by atoms with E-state index in [1.165, 1.54) is 0 Å². The van der Waals surface area contributed by atoms with Gasteiger partial charge in [-0.1, -0.05) is 31.5 Å². The molecule has 0 fully saturated rings. The van der Waals surface area contributed by atoms with Crippen LogP contribution in [-0.4, -0.2) is 42.2 Å². The van der Waals surface area contributed by atoms with Gasteiger partial charge >= 0.3 is 18.0 Å². The van der Waals surface area contributed by atoms with Crippen molar-refractivity contribution in [1.82, 2.24) is 15.6 Å². The maximum absolute atomic E-state index is 13.4. The van der Waals surface area contributed by atoms with E-state index in [0.717, 1.165) is 54.3 Å². The predicted octanol–water partition coefficient (Wildman–Crippen LogP) is 3.57. The summed E-state index contributed by atoms with van der Waals surface area (Å²) >= 11 is 0. The van der Waals surface area contributed by atoms with Crippen LogP contribution in [0.2, 0.25) is 0 Å². The van der Waals surface area contributed by atoms with Crippen molar-refractivity contribution < 1.29 is 23.9 Å². The van der Waals surface area contributed by atoms with Crippen LogP contribution in [0.5, 0.6) is 0 Å². The lowest BCUT2D eigenvalue weighted by atomic mass is 9.97. The van der Waals surface area contributed by atoms with E-state index in [0.29, 0.717) is 12.0 Å². The van der Waals surface area contributed by atoms with Gasteiger partial charge in [-0.05, 0) is 50.7 Å². The highest BCUT2D eigenvalue weighted by atomic mass is 16.5. The molecule has 174 valence electrons. The number of rotatable bonds is 6. The highest BCUT2D eigenvalue weighted by Gasteiger charge is 2.32. The van der Waals surface area contributed by atoms with Crippen molar-refractivity contribution in [2.75, 3.05) is 13.2 Å². The van der Waals surface area contributed by atoms with Crippen LogP contribution < -0.4 is 10.6 Å². The second-order valence-corrected chi connectivity index (χ2v) is 8.24. The van der Waals surface area contributed by atoms with Crippen LogP contribution in [0.3, 0.4) is 0 Å². The molecule has 0 saturated heterocycles. The molecule has 2 heterocycles. The van der Waals surface area contributed by atoms with E-state index >= 15 is 0 Å². The summed E-state index contributed by atoms with van der Waals surface area (Å²) in [5, 5.41) is 6.10. The Morgan fingerprint density at radius 1 is 1.06 bits per heavy atom. The lowest BCUT2D eigenvalue weighted by Gasteiger charge is -2.28. The number of hydrogen-bond donors (Lipinski definition) is 2. The van der Waals surface area contributed by atoms with Gasteiger partial charge < -0.3 is 20.1 Å². The Morgan fingerprint density at radius 3 is 2.64 bits per heavy atom. The Labute approximate surface area is 192 Å². The minimum atomic E-state index is -0.536. The molecule has 8 heteroatoms. The number of para-hydroxylation sites is 1. The maximum atomic E-state index is 13.4. The van der Waals surface area contributed by atoms with Crippen molar-refractivity contribution in [1.29, 1.82) is 0 Å². The number of urea groups is 1. The zero-order valence-electron chi connectivity index (χ0n) is 19.0. The van der Waals surface area contributed by atoms with Gasteiger partial charge in [0, 0.05) is 11.1 Å². The highest BCUT2D eigenvalue weighted by Crippen LogP contribution is 2.29. The number of aromatic nitrogens is 1. The second kappa shape index (κ2) is 10.0. The molecular weight excluding hydrogens is 422 g/mol. The van der Waals surface area contributed by atoms with Crippen LogP contribution in [-0.2, 0) is 27.1 Å². The molecule has 0 bridgehead atoms. The van der Waals surface area contributed by atoms with Gasteiger partial charge in [0.1, 0.15) is 6.61 Å². The Bertz CT molecular complexity index is 1120. The molecule has 2 aliphatic rings. The molecular formula is C25H29N3O5. The summed E-state index contributed by atoms with van der Waals surface area (Å²) in [5.74, 6) is -1.02. The Kier molecular flexibility index (Phi) is 6.91. The predicted molar refractivity (Wildman–Crippen MR) is 123 cm³/mol. The van der Waals surface area contributed by atoms with E-state index in [-0.39, 0.29) is 24.5 Å². The first-order valence-corrected chi connectivity index (χ1v) is 11.6. The average Bonchev–Trinajstić information content (AvgIpc) is 3.05. The molecule has 1 unspecified atom stereocenters. The first-order valence-electron chi connectivity index (χ1n) is 11.6. The summed E-state index contributed by atoms with van der Waals surface area (Å²) in [7, 11) is 0. The smallest absolute Gasteiger partial charge is 0.339 e. The van der Waals surface area contributed by atoms with Crippen molar-refractivity contribution in [3.8, 4) is 0 Å². The van der Waals surface area contributed by atoms with Crippen LogP contribution in [0.15, 0.2) is 35.5 Å². The van der Waals surface area contributed by atoms with E-state index in [2.05, 4.69) is 10.6 Å². The number of benzene rings is 1. The fraction of sp³-hybridized carbons (Fsp3) is 0.440. The summed E-state index contributed by atoms with van der Waals surface area (Å²) in [6.45, 7) is 3.54. The normalized spacial score (nSPS) is 18.1. The third-order valence-electron chi connectivity index (χ3n) is 6.12. The molecule has 1 aliphatic heterocycles. The van der Waals surface area contributed by atoms with E-state index in [1.54, 1.807) is 6.92 Å². The number of ether oxygens (including phenoxy) is 2. The average molecular weight is 452 g/mol. The molecule has 0 radical (unpaired) electrons. The van der Waals surface area contributed by atoms with E-state index in [1.807, 2.05) is 31.2 Å². The molecule has 1 aromatic carbocycles. The largest absolute Gasteiger partial charge is 0.463 e. The number of carbonyl (C=O) groups excluding carboxylic acids is 3. The number of nitrogens with zero attached hydrogens (tertiary/aromatic N) is 1. The summed E-state index contributed by atoms with van der Waals surface area (Å²) in [6.07, 6.45) is 5.23. The molecule has 33 heavy (non-hydrogen) atoms. The topological polar surface area (TPSA) is 107 Å². The monoisotopic (exact) mass is 451 g/mol. The number of amides is 2. The molecule has 2 N–H and O–H groups in total. The van der Waals surface area contributed by atoms with Crippen molar-refractivity contribution in [3.05, 3.63) is 52.4 Å². The number of fused-ring (bicyclic) bond motifs is 2. The van der Waals surface area contributed by atoms with Crippen molar-refractivity contribution in [3.63, 3.8) is 0 Å². The Balaban J connectivity index is 1.69. The van der Waals surface area contributed by atoms with Crippen LogP contribution in [0.4, 0.5) is 4.79 Å². The molecule has 0 spiro atoms. The van der Waals surface area contributed by atoms with Crippen molar-refractivity contribution in [2.24, 2.45) is 0 Å². The van der Waals surface area contributed by atoms with E-state index in [9.17, 15) is 14.4 Å². The van der Waals surface area contributed by atoms with Crippen LogP contribution >= 0.6 is 0 Å². The third-order valence-corrected chi connectivity index (χ3v) is 6.12. The number of esters is 2. The Hall–Kier alpha value is -3.42.